The van der Waals surface area contributed by atoms with E-state index in [0.717, 1.165) is 50.2 Å². The van der Waals surface area contributed by atoms with Crippen LogP contribution in [0.2, 0.25) is 0 Å². The topological polar surface area (TPSA) is 32.8 Å². The summed E-state index contributed by atoms with van der Waals surface area (Å²) in [4.78, 5) is 17.2. The lowest BCUT2D eigenvalue weighted by Gasteiger charge is -2.38. The van der Waals surface area contributed by atoms with E-state index in [1.54, 1.807) is 7.11 Å². The van der Waals surface area contributed by atoms with Gasteiger partial charge in [-0.25, -0.2) is 0 Å². The van der Waals surface area contributed by atoms with Crippen LogP contribution in [0, 0.1) is 0 Å². The molecule has 0 N–H and O–H groups in total. The van der Waals surface area contributed by atoms with Crippen molar-refractivity contribution in [2.75, 3.05) is 26.7 Å². The van der Waals surface area contributed by atoms with Gasteiger partial charge in [-0.15, -0.1) is 0 Å². The maximum absolute atomic E-state index is 12.6. The van der Waals surface area contributed by atoms with Crippen molar-refractivity contribution >= 4 is 5.91 Å². The minimum atomic E-state index is 0.249. The fourth-order valence-electron chi connectivity index (χ4n) is 3.94. The molecule has 0 bridgehead atoms. The van der Waals surface area contributed by atoms with E-state index in [2.05, 4.69) is 52.3 Å². The van der Waals surface area contributed by atoms with Gasteiger partial charge in [-0.2, -0.15) is 0 Å². The number of amides is 1. The van der Waals surface area contributed by atoms with Crippen LogP contribution >= 0.6 is 0 Å². The van der Waals surface area contributed by atoms with Gasteiger partial charge in [0.1, 0.15) is 5.75 Å². The maximum atomic E-state index is 12.6. The van der Waals surface area contributed by atoms with E-state index >= 15 is 0 Å². The third kappa shape index (κ3) is 5.59. The Bertz CT molecular complexity index is 722. The number of carbonyl (C=O) groups excluding carboxylic acids is 1. The van der Waals surface area contributed by atoms with Crippen molar-refractivity contribution in [3.05, 3.63) is 65.7 Å². The average Bonchev–Trinajstić information content (AvgIpc) is 2.77. The molecule has 3 rings (SSSR count). The molecule has 0 saturated carbocycles. The molecule has 1 fully saturated rings. The number of benzene rings is 2. The fourth-order valence-corrected chi connectivity index (χ4v) is 3.94. The molecule has 0 radical (unpaired) electrons. The number of ether oxygens (including phenoxy) is 1. The van der Waals surface area contributed by atoms with Crippen molar-refractivity contribution in [1.29, 1.82) is 0 Å². The smallest absolute Gasteiger partial charge is 0.222 e. The average molecular weight is 381 g/mol. The SMILES string of the molecule is CCC(=O)N(Cc1ccc(OC)cc1)C1CCN(CCc2ccccc2)CC1. The molecule has 1 aliphatic heterocycles. The number of carbonyl (C=O) groups is 1. The highest BCUT2D eigenvalue weighted by atomic mass is 16.5. The van der Waals surface area contributed by atoms with E-state index in [1.165, 1.54) is 5.56 Å². The first-order valence-corrected chi connectivity index (χ1v) is 10.4. The second kappa shape index (κ2) is 10.3. The Labute approximate surface area is 169 Å². The van der Waals surface area contributed by atoms with Gasteiger partial charge in [0.2, 0.25) is 5.91 Å². The summed E-state index contributed by atoms with van der Waals surface area (Å²) in [5, 5.41) is 0. The van der Waals surface area contributed by atoms with Gasteiger partial charge in [-0.05, 0) is 42.5 Å². The van der Waals surface area contributed by atoms with Gasteiger partial charge in [0.15, 0.2) is 0 Å². The highest BCUT2D eigenvalue weighted by Crippen LogP contribution is 2.21. The van der Waals surface area contributed by atoms with E-state index in [9.17, 15) is 4.79 Å². The normalized spacial score (nSPS) is 15.4. The maximum Gasteiger partial charge on any atom is 0.222 e. The summed E-state index contributed by atoms with van der Waals surface area (Å²) in [6.07, 6.45) is 3.76. The zero-order valence-electron chi connectivity index (χ0n) is 17.1. The minimum absolute atomic E-state index is 0.249. The van der Waals surface area contributed by atoms with Gasteiger partial charge in [0.25, 0.3) is 0 Å². The van der Waals surface area contributed by atoms with Crippen molar-refractivity contribution in [3.8, 4) is 5.75 Å². The number of likely N-dealkylation sites (tertiary alicyclic amines) is 1. The molecule has 2 aromatic rings. The Balaban J connectivity index is 1.54. The van der Waals surface area contributed by atoms with Gasteiger partial charge in [-0.3, -0.25) is 4.79 Å². The standard InChI is InChI=1S/C24H32N2O2/c1-3-24(27)26(19-21-9-11-23(28-2)12-10-21)22-14-17-25(18-15-22)16-13-20-7-5-4-6-8-20/h4-12,22H,3,13-19H2,1-2H3. The predicted molar refractivity (Wildman–Crippen MR) is 113 cm³/mol. The molecular weight excluding hydrogens is 348 g/mol. The van der Waals surface area contributed by atoms with Gasteiger partial charge in [0, 0.05) is 38.6 Å². The quantitative estimate of drug-likeness (QED) is 0.690. The molecule has 4 nitrogen and oxygen atoms in total. The third-order valence-electron chi connectivity index (χ3n) is 5.69. The third-order valence-corrected chi connectivity index (χ3v) is 5.69. The lowest BCUT2D eigenvalue weighted by molar-refractivity contribution is -0.135. The summed E-state index contributed by atoms with van der Waals surface area (Å²) in [5.74, 6) is 1.10. The van der Waals surface area contributed by atoms with E-state index in [-0.39, 0.29) is 5.91 Å². The lowest BCUT2D eigenvalue weighted by Crippen LogP contribution is -2.47. The second-order valence-electron chi connectivity index (χ2n) is 7.53. The lowest BCUT2D eigenvalue weighted by atomic mass is 10.0. The highest BCUT2D eigenvalue weighted by Gasteiger charge is 2.27. The summed E-state index contributed by atoms with van der Waals surface area (Å²) in [5.41, 5.74) is 2.56. The zero-order chi connectivity index (χ0) is 19.8. The first-order chi connectivity index (χ1) is 13.7. The van der Waals surface area contributed by atoms with Crippen molar-refractivity contribution in [2.24, 2.45) is 0 Å². The molecular formula is C24H32N2O2. The molecule has 150 valence electrons. The van der Waals surface area contributed by atoms with Crippen LogP contribution in [0.25, 0.3) is 0 Å². The van der Waals surface area contributed by atoms with Crippen LogP contribution in [-0.4, -0.2) is 48.5 Å². The number of nitrogens with zero attached hydrogens (tertiary/aromatic N) is 2. The number of methoxy groups -OCH3 is 1. The van der Waals surface area contributed by atoms with Crippen molar-refractivity contribution < 1.29 is 9.53 Å². The summed E-state index contributed by atoms with van der Waals surface area (Å²) >= 11 is 0. The molecule has 2 aromatic carbocycles. The number of hydrogen-bond acceptors (Lipinski definition) is 3. The zero-order valence-corrected chi connectivity index (χ0v) is 17.1. The van der Waals surface area contributed by atoms with E-state index < -0.39 is 0 Å². The molecule has 1 aliphatic rings. The van der Waals surface area contributed by atoms with Gasteiger partial charge >= 0.3 is 0 Å². The number of rotatable bonds is 8. The molecule has 1 heterocycles. The fraction of sp³-hybridized carbons (Fsp3) is 0.458. The van der Waals surface area contributed by atoms with Gasteiger partial charge in [-0.1, -0.05) is 49.4 Å². The Hall–Kier alpha value is -2.33. The largest absolute Gasteiger partial charge is 0.497 e. The van der Waals surface area contributed by atoms with E-state index in [0.29, 0.717) is 19.0 Å². The summed E-state index contributed by atoms with van der Waals surface area (Å²) in [6, 6.07) is 19.1. The van der Waals surface area contributed by atoms with Crippen molar-refractivity contribution in [3.63, 3.8) is 0 Å². The summed E-state index contributed by atoms with van der Waals surface area (Å²) in [6.45, 7) is 5.86. The highest BCUT2D eigenvalue weighted by molar-refractivity contribution is 5.76. The van der Waals surface area contributed by atoms with Crippen LogP contribution in [-0.2, 0) is 17.8 Å². The van der Waals surface area contributed by atoms with Crippen molar-refractivity contribution in [1.82, 2.24) is 9.80 Å². The summed E-state index contributed by atoms with van der Waals surface area (Å²) in [7, 11) is 1.67. The van der Waals surface area contributed by atoms with Crippen LogP contribution in [0.4, 0.5) is 0 Å². The molecule has 0 aliphatic carbocycles. The molecule has 4 heteroatoms. The first-order valence-electron chi connectivity index (χ1n) is 10.4. The minimum Gasteiger partial charge on any atom is -0.497 e. The number of hydrogen-bond donors (Lipinski definition) is 0. The molecule has 28 heavy (non-hydrogen) atoms. The van der Waals surface area contributed by atoms with Gasteiger partial charge in [0.05, 0.1) is 7.11 Å². The molecule has 0 atom stereocenters. The van der Waals surface area contributed by atoms with E-state index in [4.69, 9.17) is 4.74 Å². The molecule has 1 saturated heterocycles. The monoisotopic (exact) mass is 380 g/mol. The predicted octanol–water partition coefficient (Wildman–Crippen LogP) is 4.14. The van der Waals surface area contributed by atoms with Crippen LogP contribution < -0.4 is 4.74 Å². The molecule has 0 unspecified atom stereocenters. The Morgan fingerprint density at radius 3 is 2.32 bits per heavy atom. The summed E-state index contributed by atoms with van der Waals surface area (Å²) < 4.78 is 5.24. The Morgan fingerprint density at radius 1 is 1.04 bits per heavy atom. The van der Waals surface area contributed by atoms with E-state index in [1.807, 2.05) is 19.1 Å². The Morgan fingerprint density at radius 2 is 1.71 bits per heavy atom. The van der Waals surface area contributed by atoms with Crippen LogP contribution in [0.1, 0.15) is 37.3 Å². The van der Waals surface area contributed by atoms with Crippen molar-refractivity contribution in [2.45, 2.75) is 45.2 Å². The molecule has 0 spiro atoms. The molecule has 1 amide bonds. The van der Waals surface area contributed by atoms with Gasteiger partial charge < -0.3 is 14.5 Å². The molecule has 0 aromatic heterocycles. The van der Waals surface area contributed by atoms with Crippen LogP contribution in [0.3, 0.4) is 0 Å². The first kappa shape index (κ1) is 20.4. The van der Waals surface area contributed by atoms with Crippen LogP contribution in [0.5, 0.6) is 5.75 Å². The Kier molecular flexibility index (Phi) is 7.49. The second-order valence-corrected chi connectivity index (χ2v) is 7.53. The number of piperidine rings is 1. The van der Waals surface area contributed by atoms with Crippen LogP contribution in [0.15, 0.2) is 54.6 Å².